The number of thioether (sulfide) groups is 1. The van der Waals surface area contributed by atoms with Crippen LogP contribution in [0, 0.1) is 13.8 Å². The molecular weight excluding hydrogens is 464 g/mol. The topological polar surface area (TPSA) is 88.4 Å². The van der Waals surface area contributed by atoms with Crippen molar-refractivity contribution in [2.45, 2.75) is 13.8 Å². The summed E-state index contributed by atoms with van der Waals surface area (Å²) >= 11 is 1.30. The zero-order valence-electron chi connectivity index (χ0n) is 19.5. The normalized spacial score (nSPS) is 15.6. The van der Waals surface area contributed by atoms with Gasteiger partial charge in [-0.15, -0.1) is 0 Å². The molecule has 0 aliphatic carbocycles. The number of anilines is 1. The molecule has 3 aromatic carbocycles. The Hall–Kier alpha value is -4.04. The van der Waals surface area contributed by atoms with Crippen LogP contribution in [0.2, 0.25) is 0 Å². The van der Waals surface area contributed by atoms with E-state index in [0.717, 1.165) is 22.5 Å². The van der Waals surface area contributed by atoms with Gasteiger partial charge in [0.1, 0.15) is 0 Å². The number of aryl methyl sites for hydroxylation is 2. The highest BCUT2D eigenvalue weighted by molar-refractivity contribution is 8.19. The van der Waals surface area contributed by atoms with Gasteiger partial charge >= 0.3 is 5.97 Å². The summed E-state index contributed by atoms with van der Waals surface area (Å²) < 4.78 is 10.6. The summed E-state index contributed by atoms with van der Waals surface area (Å²) in [5.41, 5.74) is 4.33. The molecule has 0 unspecified atom stereocenters. The quantitative estimate of drug-likeness (QED) is 0.437. The smallest absolute Gasteiger partial charge is 0.341 e. The molecule has 0 radical (unpaired) electrons. The van der Waals surface area contributed by atoms with Gasteiger partial charge in [-0.25, -0.2) is 9.79 Å². The van der Waals surface area contributed by atoms with E-state index < -0.39 is 12.6 Å². The lowest BCUT2D eigenvalue weighted by Gasteiger charge is -2.16. The van der Waals surface area contributed by atoms with E-state index in [1.165, 1.54) is 18.9 Å². The van der Waals surface area contributed by atoms with Crippen LogP contribution in [0.25, 0.3) is 6.08 Å². The van der Waals surface area contributed by atoms with Gasteiger partial charge in [-0.1, -0.05) is 42.5 Å². The molecule has 1 aliphatic rings. The van der Waals surface area contributed by atoms with Crippen LogP contribution in [0.3, 0.4) is 0 Å². The Balaban J connectivity index is 1.73. The number of benzene rings is 3. The van der Waals surface area contributed by atoms with Gasteiger partial charge in [-0.3, -0.25) is 9.69 Å². The number of carboxylic acids is 1. The highest BCUT2D eigenvalue weighted by Gasteiger charge is 2.35. The van der Waals surface area contributed by atoms with Gasteiger partial charge in [0.2, 0.25) is 0 Å². The zero-order valence-corrected chi connectivity index (χ0v) is 20.3. The lowest BCUT2D eigenvalue weighted by Crippen LogP contribution is -2.28. The molecule has 178 valence electrons. The third-order valence-electron chi connectivity index (χ3n) is 5.30. The van der Waals surface area contributed by atoms with E-state index in [1.54, 1.807) is 29.2 Å². The van der Waals surface area contributed by atoms with Gasteiger partial charge in [0.05, 0.1) is 23.4 Å². The highest BCUT2D eigenvalue weighted by atomic mass is 32.2. The lowest BCUT2D eigenvalue weighted by atomic mass is 10.1. The number of ether oxygens (including phenoxy) is 2. The predicted octanol–water partition coefficient (Wildman–Crippen LogP) is 5.58. The van der Waals surface area contributed by atoms with Gasteiger partial charge in [-0.05, 0) is 72.6 Å². The Kier molecular flexibility index (Phi) is 7.22. The van der Waals surface area contributed by atoms with E-state index in [0.29, 0.717) is 27.1 Å². The van der Waals surface area contributed by atoms with E-state index >= 15 is 0 Å². The molecule has 0 aromatic heterocycles. The minimum absolute atomic E-state index is 0.184. The summed E-state index contributed by atoms with van der Waals surface area (Å²) in [6, 6.07) is 20.5. The van der Waals surface area contributed by atoms with Crippen LogP contribution >= 0.6 is 11.8 Å². The number of methoxy groups -OCH3 is 1. The number of carbonyl (C=O) groups excluding carboxylic acids is 1. The number of carbonyl (C=O) groups is 2. The molecule has 7 nitrogen and oxygen atoms in total. The molecule has 0 atom stereocenters. The van der Waals surface area contributed by atoms with Crippen LogP contribution in [0.15, 0.2) is 76.6 Å². The zero-order chi connectivity index (χ0) is 24.9. The van der Waals surface area contributed by atoms with Crippen LogP contribution in [0.1, 0.15) is 16.7 Å². The number of amidine groups is 1. The van der Waals surface area contributed by atoms with Crippen molar-refractivity contribution in [1.82, 2.24) is 0 Å². The average molecular weight is 489 g/mol. The third-order valence-corrected chi connectivity index (χ3v) is 6.27. The van der Waals surface area contributed by atoms with Gasteiger partial charge in [0, 0.05) is 0 Å². The number of aliphatic imine (C=N–C) groups is 1. The molecule has 1 heterocycles. The molecule has 1 N–H and O–H groups in total. The minimum Gasteiger partial charge on any atom is -0.493 e. The standard InChI is InChI=1S/C27H24N2O5S/c1-17-8-7-9-18(2)25(17)28-27-29(20-10-5-4-6-11-20)26(32)23(35-27)15-19-12-13-21(22(14-19)33-3)34-16-24(30)31/h4-15H,16H2,1-3H3,(H,30,31)/b23-15+,28-27?. The summed E-state index contributed by atoms with van der Waals surface area (Å²) in [4.78, 5) is 31.3. The van der Waals surface area contributed by atoms with Crippen molar-refractivity contribution in [2.75, 3.05) is 18.6 Å². The van der Waals surface area contributed by atoms with Crippen molar-refractivity contribution in [3.63, 3.8) is 0 Å². The monoisotopic (exact) mass is 488 g/mol. The molecule has 4 rings (SSSR count). The highest BCUT2D eigenvalue weighted by Crippen LogP contribution is 2.39. The average Bonchev–Trinajstić information content (AvgIpc) is 3.15. The number of rotatable bonds is 7. The number of carboxylic acid groups (broad SMARTS) is 1. The fourth-order valence-electron chi connectivity index (χ4n) is 3.62. The second kappa shape index (κ2) is 10.5. The van der Waals surface area contributed by atoms with Crippen LogP contribution in [-0.2, 0) is 9.59 Å². The fraction of sp³-hybridized carbons (Fsp3) is 0.148. The predicted molar refractivity (Wildman–Crippen MR) is 139 cm³/mol. The van der Waals surface area contributed by atoms with Crippen LogP contribution in [0.4, 0.5) is 11.4 Å². The summed E-state index contributed by atoms with van der Waals surface area (Å²) in [5.74, 6) is -0.578. The first kappa shape index (κ1) is 24.1. The number of aliphatic carboxylic acids is 1. The molecule has 0 saturated carbocycles. The second-order valence-electron chi connectivity index (χ2n) is 7.81. The molecule has 8 heteroatoms. The van der Waals surface area contributed by atoms with Gasteiger partial charge in [-0.2, -0.15) is 0 Å². The van der Waals surface area contributed by atoms with Crippen molar-refractivity contribution in [1.29, 1.82) is 0 Å². The molecule has 0 spiro atoms. The molecule has 1 aliphatic heterocycles. The first-order chi connectivity index (χ1) is 16.9. The number of nitrogens with zero attached hydrogens (tertiary/aromatic N) is 2. The van der Waals surface area contributed by atoms with E-state index in [1.807, 2.05) is 62.4 Å². The maximum atomic E-state index is 13.5. The largest absolute Gasteiger partial charge is 0.493 e. The second-order valence-corrected chi connectivity index (χ2v) is 8.82. The number of hydrogen-bond donors (Lipinski definition) is 1. The number of amides is 1. The van der Waals surface area contributed by atoms with Crippen molar-refractivity contribution < 1.29 is 24.2 Å². The van der Waals surface area contributed by atoms with Crippen LogP contribution in [0.5, 0.6) is 11.5 Å². The minimum atomic E-state index is -1.08. The maximum Gasteiger partial charge on any atom is 0.341 e. The summed E-state index contributed by atoms with van der Waals surface area (Å²) in [6.45, 7) is 3.52. The first-order valence-electron chi connectivity index (χ1n) is 10.8. The van der Waals surface area contributed by atoms with Gasteiger partial charge in [0.25, 0.3) is 5.91 Å². The van der Waals surface area contributed by atoms with E-state index in [-0.39, 0.29) is 5.91 Å². The van der Waals surface area contributed by atoms with Gasteiger partial charge in [0.15, 0.2) is 23.3 Å². The van der Waals surface area contributed by atoms with Crippen molar-refractivity contribution in [3.8, 4) is 11.5 Å². The molecule has 1 saturated heterocycles. The van der Waals surface area contributed by atoms with Gasteiger partial charge < -0.3 is 14.6 Å². The molecule has 1 amide bonds. The van der Waals surface area contributed by atoms with Crippen molar-refractivity contribution in [3.05, 3.63) is 88.3 Å². The Bertz CT molecular complexity index is 1310. The van der Waals surface area contributed by atoms with Crippen molar-refractivity contribution >= 4 is 46.3 Å². The third kappa shape index (κ3) is 5.38. The molecule has 3 aromatic rings. The summed E-state index contributed by atoms with van der Waals surface area (Å²) in [6.07, 6.45) is 1.76. The van der Waals surface area contributed by atoms with E-state index in [9.17, 15) is 9.59 Å². The first-order valence-corrected chi connectivity index (χ1v) is 11.7. The van der Waals surface area contributed by atoms with Crippen molar-refractivity contribution in [2.24, 2.45) is 4.99 Å². The van der Waals surface area contributed by atoms with Crippen LogP contribution < -0.4 is 14.4 Å². The number of para-hydroxylation sites is 2. The Morgan fingerprint density at radius 2 is 1.74 bits per heavy atom. The SMILES string of the molecule is COc1cc(/C=C2/SC(=Nc3c(C)cccc3C)N(c3ccccc3)C2=O)ccc1OCC(=O)O. The molecule has 35 heavy (non-hydrogen) atoms. The Morgan fingerprint density at radius 3 is 2.40 bits per heavy atom. The van der Waals surface area contributed by atoms with Crippen LogP contribution in [-0.4, -0.2) is 35.9 Å². The molecular formula is C27H24N2O5S. The maximum absolute atomic E-state index is 13.5. The lowest BCUT2D eigenvalue weighted by molar-refractivity contribution is -0.139. The van der Waals surface area contributed by atoms with E-state index in [4.69, 9.17) is 19.6 Å². The molecule has 1 fully saturated rings. The number of hydrogen-bond acceptors (Lipinski definition) is 6. The summed E-state index contributed by atoms with van der Waals surface area (Å²) in [7, 11) is 1.47. The van der Waals surface area contributed by atoms with E-state index in [2.05, 4.69) is 0 Å². The summed E-state index contributed by atoms with van der Waals surface area (Å²) in [5, 5.41) is 9.43. The molecule has 0 bridgehead atoms. The Labute approximate surface area is 207 Å². The fourth-order valence-corrected chi connectivity index (χ4v) is 4.60. The Morgan fingerprint density at radius 1 is 1.03 bits per heavy atom.